The zero-order chi connectivity index (χ0) is 24.3. The van der Waals surface area contributed by atoms with Crippen molar-refractivity contribution in [2.24, 2.45) is 0 Å². The number of nitro benzene ring substituents is 2. The van der Waals surface area contributed by atoms with Gasteiger partial charge in [0, 0.05) is 31.5 Å². The number of carbonyl (C=O) groups excluding carboxylic acids is 1. The monoisotopic (exact) mass is 479 g/mol. The Hall–Kier alpha value is -4.27. The van der Waals surface area contributed by atoms with Crippen molar-refractivity contribution in [2.75, 3.05) is 24.7 Å². The van der Waals surface area contributed by atoms with Crippen LogP contribution in [0.1, 0.15) is 0 Å². The van der Waals surface area contributed by atoms with Crippen molar-refractivity contribution in [3.63, 3.8) is 0 Å². The van der Waals surface area contributed by atoms with Crippen molar-refractivity contribution >= 4 is 43.9 Å². The second-order valence-corrected chi connectivity index (χ2v) is 8.86. The summed E-state index contributed by atoms with van der Waals surface area (Å²) in [4.78, 5) is 44.7. The number of rotatable bonds is 9. The molecule has 1 amide bonds. The van der Waals surface area contributed by atoms with Crippen LogP contribution in [0.3, 0.4) is 0 Å². The van der Waals surface area contributed by atoms with Crippen LogP contribution in [0.2, 0.25) is 0 Å². The first-order chi connectivity index (χ1) is 15.5. The van der Waals surface area contributed by atoms with E-state index in [1.807, 2.05) is 0 Å². The largest absolute Gasteiger partial charge is 0.420 e. The molecular formula is C18H17N5O9S. The lowest BCUT2D eigenvalue weighted by Crippen LogP contribution is -2.33. The van der Waals surface area contributed by atoms with E-state index in [1.54, 1.807) is 0 Å². The van der Waals surface area contributed by atoms with Gasteiger partial charge in [-0.3, -0.25) is 29.6 Å². The third kappa shape index (κ3) is 5.32. The van der Waals surface area contributed by atoms with Crippen molar-refractivity contribution in [1.82, 2.24) is 9.88 Å². The zero-order valence-corrected chi connectivity index (χ0v) is 17.8. The van der Waals surface area contributed by atoms with Gasteiger partial charge in [-0.2, -0.15) is 0 Å². The number of nitrogens with zero attached hydrogens (tertiary/aromatic N) is 3. The van der Waals surface area contributed by atoms with Crippen molar-refractivity contribution in [3.8, 4) is 0 Å². The Morgan fingerprint density at radius 3 is 2.45 bits per heavy atom. The number of nitrogens with one attached hydrogen (secondary N) is 2. The molecule has 3 rings (SSSR count). The molecule has 0 spiro atoms. The predicted octanol–water partition coefficient (Wildman–Crippen LogP) is 1.04. The molecule has 2 aromatic carbocycles. The van der Waals surface area contributed by atoms with Gasteiger partial charge in [0.25, 0.3) is 11.4 Å². The van der Waals surface area contributed by atoms with E-state index in [-0.39, 0.29) is 40.5 Å². The summed E-state index contributed by atoms with van der Waals surface area (Å²) in [7, 11) is -3.62. The summed E-state index contributed by atoms with van der Waals surface area (Å²) in [5.74, 6) is -1.43. The van der Waals surface area contributed by atoms with E-state index in [9.17, 15) is 38.2 Å². The molecule has 0 aliphatic carbocycles. The van der Waals surface area contributed by atoms with Gasteiger partial charge in [-0.1, -0.05) is 0 Å². The van der Waals surface area contributed by atoms with Crippen LogP contribution in [0, 0.1) is 20.2 Å². The summed E-state index contributed by atoms with van der Waals surface area (Å²) in [5.41, 5.74) is -0.457. The molecule has 0 unspecified atom stereocenters. The molecule has 33 heavy (non-hydrogen) atoms. The number of fused-ring (bicyclic) bond motifs is 1. The van der Waals surface area contributed by atoms with Crippen molar-refractivity contribution in [2.45, 2.75) is 11.4 Å². The van der Waals surface area contributed by atoms with Crippen LogP contribution in [-0.4, -0.2) is 48.1 Å². The van der Waals surface area contributed by atoms with E-state index in [2.05, 4.69) is 10.6 Å². The van der Waals surface area contributed by atoms with Gasteiger partial charge < -0.3 is 15.1 Å². The maximum atomic E-state index is 12.2. The average molecular weight is 479 g/mol. The topological polar surface area (TPSA) is 197 Å². The molecule has 174 valence electrons. The number of oxazole rings is 1. The van der Waals surface area contributed by atoms with Gasteiger partial charge in [0.1, 0.15) is 12.2 Å². The molecule has 0 atom stereocenters. The fraction of sp³-hybridized carbons (Fsp3) is 0.222. The number of carbonyl (C=O) groups is 1. The Labute approximate surface area is 185 Å². The smallest absolute Gasteiger partial charge is 0.407 e. The number of hydrogen-bond donors (Lipinski definition) is 2. The first-order valence-electron chi connectivity index (χ1n) is 9.24. The Morgan fingerprint density at radius 1 is 1.09 bits per heavy atom. The van der Waals surface area contributed by atoms with E-state index >= 15 is 0 Å². The van der Waals surface area contributed by atoms with Crippen LogP contribution >= 0.6 is 0 Å². The lowest BCUT2D eigenvalue weighted by Gasteiger charge is -2.09. The van der Waals surface area contributed by atoms with Crippen LogP contribution < -0.4 is 16.4 Å². The summed E-state index contributed by atoms with van der Waals surface area (Å²) < 4.78 is 29.1. The molecule has 15 heteroatoms. The molecule has 14 nitrogen and oxygen atoms in total. The Bertz CT molecular complexity index is 1420. The third-order valence-electron chi connectivity index (χ3n) is 4.52. The van der Waals surface area contributed by atoms with Crippen molar-refractivity contribution in [3.05, 3.63) is 67.2 Å². The van der Waals surface area contributed by atoms with Gasteiger partial charge in [-0.15, -0.1) is 0 Å². The highest BCUT2D eigenvalue weighted by molar-refractivity contribution is 7.90. The maximum absolute atomic E-state index is 12.2. The number of aromatic nitrogens is 1. The molecule has 0 fully saturated rings. The fourth-order valence-electron chi connectivity index (χ4n) is 2.96. The summed E-state index contributed by atoms with van der Waals surface area (Å²) in [6.07, 6.45) is 0.935. The molecule has 0 radical (unpaired) electrons. The van der Waals surface area contributed by atoms with Crippen LogP contribution in [0.25, 0.3) is 11.1 Å². The number of anilines is 1. The number of sulfone groups is 1. The minimum atomic E-state index is -3.62. The molecule has 0 saturated heterocycles. The summed E-state index contributed by atoms with van der Waals surface area (Å²) >= 11 is 0. The normalized spacial score (nSPS) is 11.3. The van der Waals surface area contributed by atoms with Crippen LogP contribution in [0.15, 0.2) is 50.5 Å². The molecule has 2 N–H and O–H groups in total. The molecule has 0 saturated carbocycles. The van der Waals surface area contributed by atoms with Gasteiger partial charge in [-0.05, 0) is 18.2 Å². The molecular weight excluding hydrogens is 462 g/mol. The van der Waals surface area contributed by atoms with Gasteiger partial charge >= 0.3 is 5.76 Å². The van der Waals surface area contributed by atoms with Gasteiger partial charge in [0.05, 0.1) is 26.3 Å². The highest BCUT2D eigenvalue weighted by atomic mass is 32.2. The summed E-state index contributed by atoms with van der Waals surface area (Å²) in [5, 5.41) is 27.3. The second kappa shape index (κ2) is 9.07. The number of amides is 1. The van der Waals surface area contributed by atoms with Crippen LogP contribution in [-0.2, 0) is 21.2 Å². The van der Waals surface area contributed by atoms with Crippen molar-refractivity contribution < 1.29 is 27.5 Å². The first-order valence-corrected chi connectivity index (χ1v) is 11.1. The Kier molecular flexibility index (Phi) is 6.43. The third-order valence-corrected chi connectivity index (χ3v) is 5.63. The second-order valence-electron chi connectivity index (χ2n) is 6.85. The number of non-ortho nitro benzene ring substituents is 1. The molecule has 0 aliphatic heterocycles. The average Bonchev–Trinajstić information content (AvgIpc) is 3.04. The summed E-state index contributed by atoms with van der Waals surface area (Å²) in [6, 6.07) is 6.98. The minimum absolute atomic E-state index is 0.0276. The standard InChI is InChI=1S/C18H17N5O9S/c1-33(30,31)12-3-4-13(15(9-12)23(28)29)19-6-7-20-17(24)10-21-14-5-2-11(22(26)27)8-16(14)32-18(21)25/h2-5,8-9,19H,6-7,10H2,1H3,(H,20,24). The molecule has 1 heterocycles. The van der Waals surface area contributed by atoms with Gasteiger partial charge in [0.2, 0.25) is 5.91 Å². The number of benzene rings is 2. The van der Waals surface area contributed by atoms with Crippen molar-refractivity contribution in [1.29, 1.82) is 0 Å². The van der Waals surface area contributed by atoms with E-state index in [0.29, 0.717) is 0 Å². The number of hydrogen-bond acceptors (Lipinski definition) is 10. The Morgan fingerprint density at radius 2 is 1.82 bits per heavy atom. The van der Waals surface area contributed by atoms with E-state index < -0.39 is 43.6 Å². The highest BCUT2D eigenvalue weighted by Crippen LogP contribution is 2.27. The SMILES string of the molecule is CS(=O)(=O)c1ccc(NCCNC(=O)Cn2c(=O)oc3cc([N+](=O)[O-])ccc32)c([N+](=O)[O-])c1. The lowest BCUT2D eigenvalue weighted by atomic mass is 10.2. The fourth-order valence-corrected chi connectivity index (χ4v) is 3.60. The minimum Gasteiger partial charge on any atom is -0.407 e. The number of nitro groups is 2. The first kappa shape index (κ1) is 23.4. The van der Waals surface area contributed by atoms with E-state index in [4.69, 9.17) is 4.42 Å². The van der Waals surface area contributed by atoms with Crippen LogP contribution in [0.4, 0.5) is 17.1 Å². The molecule has 3 aromatic rings. The lowest BCUT2D eigenvalue weighted by molar-refractivity contribution is -0.384. The maximum Gasteiger partial charge on any atom is 0.420 e. The van der Waals surface area contributed by atoms with E-state index in [0.717, 1.165) is 23.0 Å². The summed E-state index contributed by atoms with van der Waals surface area (Å²) in [6.45, 7) is -0.315. The van der Waals surface area contributed by atoms with Crippen LogP contribution in [0.5, 0.6) is 0 Å². The van der Waals surface area contributed by atoms with Gasteiger partial charge in [-0.25, -0.2) is 13.2 Å². The zero-order valence-electron chi connectivity index (χ0n) is 17.0. The highest BCUT2D eigenvalue weighted by Gasteiger charge is 2.19. The van der Waals surface area contributed by atoms with Gasteiger partial charge in [0.15, 0.2) is 15.4 Å². The Balaban J connectivity index is 1.62. The van der Waals surface area contributed by atoms with E-state index in [1.165, 1.54) is 24.3 Å². The quantitative estimate of drug-likeness (QED) is 0.254. The molecule has 0 bridgehead atoms. The molecule has 0 aliphatic rings. The predicted molar refractivity (Wildman–Crippen MR) is 115 cm³/mol. The molecule has 1 aromatic heterocycles.